The van der Waals surface area contributed by atoms with Crippen molar-refractivity contribution >= 4 is 15.7 Å². The Hall–Kier alpha value is -2.52. The lowest BCUT2D eigenvalue weighted by atomic mass is 9.94. The van der Waals surface area contributed by atoms with Gasteiger partial charge in [0.2, 0.25) is 15.9 Å². The van der Waals surface area contributed by atoms with Crippen molar-refractivity contribution in [3.05, 3.63) is 58.3 Å². The molecule has 1 aromatic carbocycles. The van der Waals surface area contributed by atoms with Gasteiger partial charge in [-0.25, -0.2) is 18.1 Å². The molecule has 0 spiro atoms. The van der Waals surface area contributed by atoms with E-state index in [-0.39, 0.29) is 22.7 Å². The zero-order valence-electron chi connectivity index (χ0n) is 14.9. The van der Waals surface area contributed by atoms with E-state index in [2.05, 4.69) is 9.71 Å². The van der Waals surface area contributed by atoms with Gasteiger partial charge >= 0.3 is 0 Å². The third-order valence-corrected chi connectivity index (χ3v) is 6.06. The van der Waals surface area contributed by atoms with E-state index < -0.39 is 14.9 Å². The largest absolute Gasteiger partial charge is 0.474 e. The molecule has 8 nitrogen and oxygen atoms in total. The van der Waals surface area contributed by atoms with Crippen molar-refractivity contribution < 1.29 is 18.1 Å². The van der Waals surface area contributed by atoms with Crippen LogP contribution in [0.1, 0.15) is 31.2 Å². The van der Waals surface area contributed by atoms with Crippen molar-refractivity contribution in [1.29, 1.82) is 0 Å². The molecular formula is C18H21N3O5S. The number of nitrogens with zero attached hydrogens (tertiary/aromatic N) is 2. The second-order valence-electron chi connectivity index (χ2n) is 6.64. The van der Waals surface area contributed by atoms with Crippen LogP contribution in [0.3, 0.4) is 0 Å². The maximum atomic E-state index is 12.5. The van der Waals surface area contributed by atoms with Gasteiger partial charge < -0.3 is 4.74 Å². The van der Waals surface area contributed by atoms with Crippen LogP contribution in [-0.4, -0.2) is 30.5 Å². The molecule has 1 aromatic heterocycles. The highest BCUT2D eigenvalue weighted by atomic mass is 32.2. The number of nitrogens with one attached hydrogen (secondary N) is 1. The van der Waals surface area contributed by atoms with Crippen molar-refractivity contribution in [1.82, 2.24) is 9.71 Å². The van der Waals surface area contributed by atoms with Crippen molar-refractivity contribution in [2.45, 2.75) is 49.6 Å². The van der Waals surface area contributed by atoms with Crippen LogP contribution in [-0.2, 0) is 10.0 Å². The molecule has 0 atom stereocenters. The fourth-order valence-electron chi connectivity index (χ4n) is 3.03. The number of sulfonamides is 1. The highest BCUT2D eigenvalue weighted by Gasteiger charge is 2.27. The Balaban J connectivity index is 1.54. The van der Waals surface area contributed by atoms with E-state index in [0.717, 1.165) is 18.4 Å². The Kier molecular flexibility index (Phi) is 5.71. The summed E-state index contributed by atoms with van der Waals surface area (Å²) in [6, 6.07) is 8.46. The van der Waals surface area contributed by atoms with Gasteiger partial charge in [-0.1, -0.05) is 6.07 Å². The molecule has 27 heavy (non-hydrogen) atoms. The molecule has 144 valence electrons. The molecule has 1 aliphatic carbocycles. The zero-order valence-corrected chi connectivity index (χ0v) is 15.7. The van der Waals surface area contributed by atoms with Gasteiger partial charge in [0.05, 0.1) is 9.82 Å². The predicted molar refractivity (Wildman–Crippen MR) is 99.1 cm³/mol. The number of benzene rings is 1. The maximum absolute atomic E-state index is 12.5. The number of aromatic nitrogens is 1. The van der Waals surface area contributed by atoms with Gasteiger partial charge in [-0.2, -0.15) is 0 Å². The van der Waals surface area contributed by atoms with Crippen LogP contribution >= 0.6 is 0 Å². The van der Waals surface area contributed by atoms with Gasteiger partial charge in [-0.3, -0.25) is 10.1 Å². The second-order valence-corrected chi connectivity index (χ2v) is 8.35. The number of rotatable bonds is 6. The molecule has 0 amide bonds. The van der Waals surface area contributed by atoms with Gasteiger partial charge in [-0.15, -0.1) is 0 Å². The van der Waals surface area contributed by atoms with Crippen LogP contribution in [0.5, 0.6) is 5.88 Å². The molecule has 0 radical (unpaired) electrons. The van der Waals surface area contributed by atoms with E-state index in [0.29, 0.717) is 18.7 Å². The van der Waals surface area contributed by atoms with Crippen LogP contribution in [0.4, 0.5) is 5.69 Å². The number of hydrogen-bond donors (Lipinski definition) is 1. The Morgan fingerprint density at radius 1 is 1.11 bits per heavy atom. The average molecular weight is 391 g/mol. The fourth-order valence-corrected chi connectivity index (χ4v) is 4.33. The number of hydrogen-bond acceptors (Lipinski definition) is 6. The standard InChI is InChI=1S/C18H21N3O5S/c1-13-2-11-18(19-12-13)26-16-7-3-14(4-8-16)20-27(24,25)17-9-5-15(6-10-17)21(22)23/h2,5-6,9-12,14,16,20H,3-4,7-8H2,1H3. The molecule has 2 aromatic rings. The molecule has 1 N–H and O–H groups in total. The topological polar surface area (TPSA) is 111 Å². The molecule has 0 unspecified atom stereocenters. The number of ether oxygens (including phenoxy) is 1. The van der Waals surface area contributed by atoms with Gasteiger partial charge in [0, 0.05) is 30.4 Å². The fraction of sp³-hybridized carbons (Fsp3) is 0.389. The Morgan fingerprint density at radius 3 is 2.33 bits per heavy atom. The molecular weight excluding hydrogens is 370 g/mol. The van der Waals surface area contributed by atoms with Crippen LogP contribution in [0.15, 0.2) is 47.5 Å². The summed E-state index contributed by atoms with van der Waals surface area (Å²) in [6.45, 7) is 1.96. The quantitative estimate of drug-likeness (QED) is 0.598. The summed E-state index contributed by atoms with van der Waals surface area (Å²) >= 11 is 0. The number of pyridine rings is 1. The minimum absolute atomic E-state index is 0.0142. The minimum atomic E-state index is -3.71. The van der Waals surface area contributed by atoms with Crippen LogP contribution in [0.25, 0.3) is 0 Å². The van der Waals surface area contributed by atoms with Crippen LogP contribution in [0, 0.1) is 17.0 Å². The van der Waals surface area contributed by atoms with Gasteiger partial charge in [0.15, 0.2) is 0 Å². The summed E-state index contributed by atoms with van der Waals surface area (Å²) in [4.78, 5) is 14.4. The summed E-state index contributed by atoms with van der Waals surface area (Å²) in [7, 11) is -3.71. The first-order valence-corrected chi connectivity index (χ1v) is 10.2. The molecule has 1 saturated carbocycles. The molecule has 9 heteroatoms. The summed E-state index contributed by atoms with van der Waals surface area (Å²) in [5, 5.41) is 10.7. The first-order valence-electron chi connectivity index (χ1n) is 8.69. The van der Waals surface area contributed by atoms with Crippen LogP contribution < -0.4 is 9.46 Å². The smallest absolute Gasteiger partial charge is 0.269 e. The number of nitro benzene ring substituents is 1. The number of aryl methyl sites for hydroxylation is 1. The maximum Gasteiger partial charge on any atom is 0.269 e. The monoisotopic (exact) mass is 391 g/mol. The molecule has 0 saturated heterocycles. The van der Waals surface area contributed by atoms with Crippen molar-refractivity contribution in [2.24, 2.45) is 0 Å². The third-order valence-electron chi connectivity index (χ3n) is 4.53. The highest BCUT2D eigenvalue weighted by Crippen LogP contribution is 2.24. The summed E-state index contributed by atoms with van der Waals surface area (Å²) in [6.07, 6.45) is 4.52. The normalized spacial score (nSPS) is 20.2. The molecule has 0 bridgehead atoms. The second kappa shape index (κ2) is 8.01. The number of non-ortho nitro benzene ring substituents is 1. The summed E-state index contributed by atoms with van der Waals surface area (Å²) in [5.41, 5.74) is 0.919. The van der Waals surface area contributed by atoms with E-state index in [9.17, 15) is 18.5 Å². The lowest BCUT2D eigenvalue weighted by Crippen LogP contribution is -2.39. The van der Waals surface area contributed by atoms with E-state index in [1.807, 2.05) is 19.1 Å². The molecule has 1 heterocycles. The van der Waals surface area contributed by atoms with Gasteiger partial charge in [-0.05, 0) is 50.3 Å². The first kappa shape index (κ1) is 19.2. The Labute approximate surface area is 157 Å². The van der Waals surface area contributed by atoms with Crippen molar-refractivity contribution in [3.8, 4) is 5.88 Å². The lowest BCUT2D eigenvalue weighted by Gasteiger charge is -2.29. The van der Waals surface area contributed by atoms with Gasteiger partial charge in [0.1, 0.15) is 6.10 Å². The van der Waals surface area contributed by atoms with E-state index >= 15 is 0 Å². The van der Waals surface area contributed by atoms with E-state index in [1.165, 1.54) is 24.3 Å². The highest BCUT2D eigenvalue weighted by molar-refractivity contribution is 7.89. The Morgan fingerprint density at radius 2 is 1.78 bits per heavy atom. The SMILES string of the molecule is Cc1ccc(OC2CCC(NS(=O)(=O)c3ccc([N+](=O)[O-])cc3)CC2)nc1. The predicted octanol–water partition coefficient (Wildman–Crippen LogP) is 2.97. The average Bonchev–Trinajstić information content (AvgIpc) is 2.65. The molecule has 0 aliphatic heterocycles. The minimum Gasteiger partial charge on any atom is -0.474 e. The van der Waals surface area contributed by atoms with E-state index in [4.69, 9.17) is 4.74 Å². The molecule has 3 rings (SSSR count). The van der Waals surface area contributed by atoms with Gasteiger partial charge in [0.25, 0.3) is 5.69 Å². The molecule has 1 fully saturated rings. The van der Waals surface area contributed by atoms with E-state index in [1.54, 1.807) is 6.20 Å². The van der Waals surface area contributed by atoms with Crippen molar-refractivity contribution in [2.75, 3.05) is 0 Å². The first-order chi connectivity index (χ1) is 12.8. The zero-order chi connectivity index (χ0) is 19.4. The Bertz CT molecular complexity index is 890. The summed E-state index contributed by atoms with van der Waals surface area (Å²) < 4.78 is 33.5. The number of nitro groups is 1. The van der Waals surface area contributed by atoms with Crippen molar-refractivity contribution in [3.63, 3.8) is 0 Å². The molecule has 1 aliphatic rings. The third kappa shape index (κ3) is 5.01. The lowest BCUT2D eigenvalue weighted by molar-refractivity contribution is -0.384. The summed E-state index contributed by atoms with van der Waals surface area (Å²) in [5.74, 6) is 0.579. The van der Waals surface area contributed by atoms with Crippen LogP contribution in [0.2, 0.25) is 0 Å².